The molecule has 0 aliphatic carbocycles. The summed E-state index contributed by atoms with van der Waals surface area (Å²) in [5.41, 5.74) is 0.577. The molecule has 2 atom stereocenters. The summed E-state index contributed by atoms with van der Waals surface area (Å²) in [5.74, 6) is 0.263. The van der Waals surface area contributed by atoms with Gasteiger partial charge in [0.2, 0.25) is 0 Å². The van der Waals surface area contributed by atoms with Gasteiger partial charge < -0.3 is 19.3 Å². The van der Waals surface area contributed by atoms with Gasteiger partial charge in [0.1, 0.15) is 6.17 Å². The van der Waals surface area contributed by atoms with Gasteiger partial charge in [-0.3, -0.25) is 9.59 Å². The summed E-state index contributed by atoms with van der Waals surface area (Å²) in [6, 6.07) is 4.60. The Morgan fingerprint density at radius 3 is 2.65 bits per heavy atom. The predicted molar refractivity (Wildman–Crippen MR) is 109 cm³/mol. The van der Waals surface area contributed by atoms with E-state index in [4.69, 9.17) is 9.47 Å². The Labute approximate surface area is 179 Å². The van der Waals surface area contributed by atoms with Gasteiger partial charge in [-0.2, -0.15) is 0 Å². The molecule has 0 N–H and O–H groups in total. The number of carbonyl (C=O) groups is 2. The number of aromatic nitrogens is 3. The minimum atomic E-state index is -1.14. The second-order valence-corrected chi connectivity index (χ2v) is 7.81. The maximum Gasteiger partial charge on any atom is 0.276 e. The highest BCUT2D eigenvalue weighted by atomic mass is 19.1. The van der Waals surface area contributed by atoms with Crippen molar-refractivity contribution in [3.05, 3.63) is 35.7 Å². The SMILES string of the molecule is COc1cccc(C(=O)N2C[C@@H](F)C[C@H]2Cn2cc(C(=O)N3CCCC3)nn2)c1OC. The number of para-hydroxylation sites is 1. The van der Waals surface area contributed by atoms with Crippen LogP contribution in [0.5, 0.6) is 11.5 Å². The van der Waals surface area contributed by atoms with Crippen LogP contribution in [0.2, 0.25) is 0 Å². The van der Waals surface area contributed by atoms with Crippen molar-refractivity contribution in [1.29, 1.82) is 0 Å². The summed E-state index contributed by atoms with van der Waals surface area (Å²) in [6.07, 6.45) is 2.60. The van der Waals surface area contributed by atoms with Gasteiger partial charge in [0.05, 0.1) is 45.1 Å². The third-order valence-electron chi connectivity index (χ3n) is 5.81. The van der Waals surface area contributed by atoms with E-state index in [1.54, 1.807) is 29.3 Å². The van der Waals surface area contributed by atoms with Crippen molar-refractivity contribution in [1.82, 2.24) is 24.8 Å². The predicted octanol–water partition coefficient (Wildman–Crippen LogP) is 1.78. The molecule has 9 nitrogen and oxygen atoms in total. The Morgan fingerprint density at radius 2 is 1.94 bits per heavy atom. The van der Waals surface area contributed by atoms with Crippen LogP contribution in [-0.4, -0.2) is 82.7 Å². The average molecular weight is 431 g/mol. The van der Waals surface area contributed by atoms with E-state index in [-0.39, 0.29) is 37.0 Å². The zero-order chi connectivity index (χ0) is 22.0. The number of hydrogen-bond donors (Lipinski definition) is 0. The Bertz CT molecular complexity index is 959. The van der Waals surface area contributed by atoms with Crippen molar-refractivity contribution in [2.45, 2.75) is 38.0 Å². The number of amides is 2. The lowest BCUT2D eigenvalue weighted by molar-refractivity contribution is 0.0709. The van der Waals surface area contributed by atoms with Gasteiger partial charge in [0.25, 0.3) is 11.8 Å². The van der Waals surface area contributed by atoms with Gasteiger partial charge in [-0.1, -0.05) is 11.3 Å². The van der Waals surface area contributed by atoms with E-state index in [1.165, 1.54) is 23.8 Å². The number of carbonyl (C=O) groups excluding carboxylic acids is 2. The number of alkyl halides is 1. The molecule has 2 aliphatic rings. The molecule has 2 saturated heterocycles. The normalized spacial score (nSPS) is 20.9. The van der Waals surface area contributed by atoms with Crippen molar-refractivity contribution in [2.24, 2.45) is 0 Å². The molecular weight excluding hydrogens is 405 g/mol. The molecule has 3 heterocycles. The van der Waals surface area contributed by atoms with Crippen LogP contribution in [0.4, 0.5) is 4.39 Å². The molecule has 10 heteroatoms. The van der Waals surface area contributed by atoms with Crippen molar-refractivity contribution < 1.29 is 23.5 Å². The number of ether oxygens (including phenoxy) is 2. The van der Waals surface area contributed by atoms with E-state index in [0.29, 0.717) is 17.1 Å². The number of halogens is 1. The summed E-state index contributed by atoms with van der Waals surface area (Å²) >= 11 is 0. The van der Waals surface area contributed by atoms with Gasteiger partial charge in [-0.05, 0) is 25.0 Å². The van der Waals surface area contributed by atoms with Crippen molar-refractivity contribution >= 4 is 11.8 Å². The van der Waals surface area contributed by atoms with E-state index < -0.39 is 12.2 Å². The number of likely N-dealkylation sites (tertiary alicyclic amines) is 2. The topological polar surface area (TPSA) is 89.8 Å². The molecular formula is C21H26FN5O4. The lowest BCUT2D eigenvalue weighted by Gasteiger charge is -2.25. The zero-order valence-corrected chi connectivity index (χ0v) is 17.7. The summed E-state index contributed by atoms with van der Waals surface area (Å²) in [6.45, 7) is 1.68. The van der Waals surface area contributed by atoms with E-state index in [0.717, 1.165) is 25.9 Å². The van der Waals surface area contributed by atoms with Crippen LogP contribution in [0.3, 0.4) is 0 Å². The highest BCUT2D eigenvalue weighted by molar-refractivity contribution is 5.98. The maximum absolute atomic E-state index is 14.3. The van der Waals surface area contributed by atoms with E-state index in [1.807, 2.05) is 0 Å². The molecule has 1 aromatic carbocycles. The average Bonchev–Trinajstić information content (AvgIpc) is 3.54. The van der Waals surface area contributed by atoms with Gasteiger partial charge in [-0.15, -0.1) is 5.10 Å². The van der Waals surface area contributed by atoms with Crippen LogP contribution in [-0.2, 0) is 6.54 Å². The molecule has 2 aliphatic heterocycles. The standard InChI is InChI=1S/C21H26FN5O4/c1-30-18-7-5-6-16(19(18)31-2)20(28)27-11-14(22)10-15(27)12-26-13-17(23-24-26)21(29)25-8-3-4-9-25/h5-7,13-15H,3-4,8-12H2,1-2H3/t14-,15-/m0/s1. The third kappa shape index (κ3) is 4.19. The van der Waals surface area contributed by atoms with Crippen LogP contribution >= 0.6 is 0 Å². The number of rotatable bonds is 6. The van der Waals surface area contributed by atoms with Gasteiger partial charge in [0.15, 0.2) is 17.2 Å². The highest BCUT2D eigenvalue weighted by Gasteiger charge is 2.37. The van der Waals surface area contributed by atoms with Crippen molar-refractivity contribution in [3.63, 3.8) is 0 Å². The fourth-order valence-corrected chi connectivity index (χ4v) is 4.28. The van der Waals surface area contributed by atoms with Gasteiger partial charge in [-0.25, -0.2) is 9.07 Å². The number of nitrogens with zero attached hydrogens (tertiary/aromatic N) is 5. The number of hydrogen-bond acceptors (Lipinski definition) is 6. The fourth-order valence-electron chi connectivity index (χ4n) is 4.28. The molecule has 166 valence electrons. The summed E-state index contributed by atoms with van der Waals surface area (Å²) in [4.78, 5) is 29.0. The first-order valence-corrected chi connectivity index (χ1v) is 10.4. The minimum Gasteiger partial charge on any atom is -0.493 e. The van der Waals surface area contributed by atoms with Crippen molar-refractivity contribution in [2.75, 3.05) is 33.9 Å². The van der Waals surface area contributed by atoms with Crippen LogP contribution < -0.4 is 9.47 Å². The molecule has 0 radical (unpaired) electrons. The number of methoxy groups -OCH3 is 2. The zero-order valence-electron chi connectivity index (χ0n) is 17.7. The molecule has 1 aromatic heterocycles. The summed E-state index contributed by atoms with van der Waals surface area (Å²) in [7, 11) is 2.95. The molecule has 2 fully saturated rings. The molecule has 0 bridgehead atoms. The van der Waals surface area contributed by atoms with Crippen LogP contribution in [0.15, 0.2) is 24.4 Å². The molecule has 0 spiro atoms. The lowest BCUT2D eigenvalue weighted by atomic mass is 10.1. The van der Waals surface area contributed by atoms with Crippen molar-refractivity contribution in [3.8, 4) is 11.5 Å². The first-order valence-electron chi connectivity index (χ1n) is 10.4. The monoisotopic (exact) mass is 431 g/mol. The second kappa shape index (κ2) is 8.91. The van der Waals surface area contributed by atoms with E-state index in [2.05, 4.69) is 10.3 Å². The Morgan fingerprint density at radius 1 is 1.16 bits per heavy atom. The molecule has 2 aromatic rings. The van der Waals surface area contributed by atoms with Gasteiger partial charge >= 0.3 is 0 Å². The Kier molecular flexibility index (Phi) is 6.06. The molecule has 0 unspecified atom stereocenters. The van der Waals surface area contributed by atoms with E-state index >= 15 is 0 Å². The third-order valence-corrected chi connectivity index (χ3v) is 5.81. The molecule has 2 amide bonds. The summed E-state index contributed by atoms with van der Waals surface area (Å²) in [5, 5.41) is 8.03. The second-order valence-electron chi connectivity index (χ2n) is 7.81. The quantitative estimate of drug-likeness (QED) is 0.693. The van der Waals surface area contributed by atoms with E-state index in [9.17, 15) is 14.0 Å². The number of benzene rings is 1. The maximum atomic E-state index is 14.3. The van der Waals surface area contributed by atoms with Crippen LogP contribution in [0.1, 0.15) is 40.1 Å². The Hall–Kier alpha value is -3.17. The van der Waals surface area contributed by atoms with Crippen LogP contribution in [0, 0.1) is 0 Å². The van der Waals surface area contributed by atoms with Gasteiger partial charge in [0, 0.05) is 19.5 Å². The first kappa shape index (κ1) is 21.1. The Balaban J connectivity index is 1.51. The molecule has 4 rings (SSSR count). The largest absolute Gasteiger partial charge is 0.493 e. The smallest absolute Gasteiger partial charge is 0.276 e. The lowest BCUT2D eigenvalue weighted by Crippen LogP contribution is -2.38. The molecule has 31 heavy (non-hydrogen) atoms. The van der Waals surface area contributed by atoms with Crippen LogP contribution in [0.25, 0.3) is 0 Å². The summed E-state index contributed by atoms with van der Waals surface area (Å²) < 4.78 is 26.5. The fraction of sp³-hybridized carbons (Fsp3) is 0.524. The molecule has 0 saturated carbocycles. The highest BCUT2D eigenvalue weighted by Crippen LogP contribution is 2.33. The minimum absolute atomic E-state index is 0.0157. The first-order chi connectivity index (χ1) is 15.0.